The van der Waals surface area contributed by atoms with Crippen molar-refractivity contribution in [1.82, 2.24) is 20.1 Å². The normalized spacial score (nSPS) is 15.0. The average molecular weight is 422 g/mol. The standard InChI is InChI=1S/C24H31N5O2/c1-3-18-7-5-8-20-19(17-27-22(18)20)10-11-26-24(25-4-2)29-14-12-28(13-15-29)23(30)21-9-6-16-31-21/h5-9,16-17,27H,3-4,10-15H2,1-2H3,(H,25,26). The van der Waals surface area contributed by atoms with E-state index in [9.17, 15) is 4.79 Å². The molecule has 1 aliphatic rings. The number of amides is 1. The van der Waals surface area contributed by atoms with Crippen molar-refractivity contribution in [3.63, 3.8) is 0 Å². The summed E-state index contributed by atoms with van der Waals surface area (Å²) in [5.74, 6) is 1.28. The summed E-state index contributed by atoms with van der Waals surface area (Å²) < 4.78 is 5.25. The number of fused-ring (bicyclic) bond motifs is 1. The van der Waals surface area contributed by atoms with Gasteiger partial charge in [0, 0.05) is 56.4 Å². The zero-order valence-electron chi connectivity index (χ0n) is 18.4. The van der Waals surface area contributed by atoms with Crippen LogP contribution in [0.15, 0.2) is 52.2 Å². The second-order valence-corrected chi connectivity index (χ2v) is 7.75. The fraction of sp³-hybridized carbons (Fsp3) is 0.417. The van der Waals surface area contributed by atoms with Crippen LogP contribution >= 0.6 is 0 Å². The molecule has 7 heteroatoms. The summed E-state index contributed by atoms with van der Waals surface area (Å²) in [6.45, 7) is 8.63. The number of carbonyl (C=O) groups is 1. The minimum Gasteiger partial charge on any atom is -0.459 e. The number of guanidine groups is 1. The van der Waals surface area contributed by atoms with Crippen LogP contribution in [0.1, 0.15) is 35.5 Å². The van der Waals surface area contributed by atoms with Crippen molar-refractivity contribution in [3.8, 4) is 0 Å². The van der Waals surface area contributed by atoms with Crippen molar-refractivity contribution in [2.45, 2.75) is 26.7 Å². The van der Waals surface area contributed by atoms with Crippen molar-refractivity contribution in [2.24, 2.45) is 4.99 Å². The number of aromatic amines is 1. The van der Waals surface area contributed by atoms with Gasteiger partial charge in [-0.15, -0.1) is 0 Å². The molecule has 1 fully saturated rings. The molecule has 0 radical (unpaired) electrons. The lowest BCUT2D eigenvalue weighted by atomic mass is 10.1. The smallest absolute Gasteiger partial charge is 0.289 e. The van der Waals surface area contributed by atoms with E-state index in [1.54, 1.807) is 12.1 Å². The third kappa shape index (κ3) is 4.60. The number of carbonyl (C=O) groups excluding carboxylic acids is 1. The molecule has 0 bridgehead atoms. The molecule has 1 aromatic carbocycles. The second-order valence-electron chi connectivity index (χ2n) is 7.75. The summed E-state index contributed by atoms with van der Waals surface area (Å²) in [7, 11) is 0. The van der Waals surface area contributed by atoms with Crippen LogP contribution < -0.4 is 5.32 Å². The van der Waals surface area contributed by atoms with Crippen LogP contribution in [0.25, 0.3) is 10.9 Å². The number of nitrogens with one attached hydrogen (secondary N) is 2. The Morgan fingerprint density at radius 1 is 1.10 bits per heavy atom. The molecular formula is C24H31N5O2. The number of H-pyrrole nitrogens is 1. The maximum absolute atomic E-state index is 12.5. The molecule has 1 amide bonds. The summed E-state index contributed by atoms with van der Waals surface area (Å²) in [4.78, 5) is 24.9. The van der Waals surface area contributed by atoms with Gasteiger partial charge in [-0.3, -0.25) is 9.79 Å². The first-order valence-electron chi connectivity index (χ1n) is 11.1. The molecule has 0 saturated carbocycles. The van der Waals surface area contributed by atoms with Gasteiger partial charge in [-0.2, -0.15) is 0 Å². The minimum absolute atomic E-state index is 0.0441. The third-order valence-electron chi connectivity index (χ3n) is 5.84. The van der Waals surface area contributed by atoms with Gasteiger partial charge >= 0.3 is 0 Å². The van der Waals surface area contributed by atoms with Gasteiger partial charge in [0.1, 0.15) is 0 Å². The zero-order chi connectivity index (χ0) is 21.6. The summed E-state index contributed by atoms with van der Waals surface area (Å²) in [5.41, 5.74) is 3.90. The molecule has 4 rings (SSSR count). The number of benzene rings is 1. The molecule has 0 atom stereocenters. The minimum atomic E-state index is -0.0441. The van der Waals surface area contributed by atoms with E-state index in [-0.39, 0.29) is 5.91 Å². The van der Waals surface area contributed by atoms with E-state index in [0.717, 1.165) is 45.0 Å². The Morgan fingerprint density at radius 2 is 1.90 bits per heavy atom. The van der Waals surface area contributed by atoms with Crippen molar-refractivity contribution in [3.05, 3.63) is 59.7 Å². The molecule has 164 valence electrons. The van der Waals surface area contributed by atoms with Gasteiger partial charge in [-0.25, -0.2) is 0 Å². The Labute approximate surface area is 183 Å². The Kier molecular flexibility index (Phi) is 6.60. The predicted molar refractivity (Wildman–Crippen MR) is 124 cm³/mol. The Bertz CT molecular complexity index is 1030. The highest BCUT2D eigenvalue weighted by atomic mass is 16.3. The number of aryl methyl sites for hydroxylation is 1. The number of nitrogens with zero attached hydrogens (tertiary/aromatic N) is 3. The molecule has 2 N–H and O–H groups in total. The van der Waals surface area contributed by atoms with Crippen molar-refractivity contribution < 1.29 is 9.21 Å². The molecule has 1 saturated heterocycles. The summed E-state index contributed by atoms with van der Waals surface area (Å²) in [6, 6.07) is 9.96. The number of piperazine rings is 1. The van der Waals surface area contributed by atoms with Crippen LogP contribution in [-0.4, -0.2) is 65.9 Å². The van der Waals surface area contributed by atoms with Crippen molar-refractivity contribution in [2.75, 3.05) is 39.3 Å². The quantitative estimate of drug-likeness (QED) is 0.473. The number of aromatic nitrogens is 1. The average Bonchev–Trinajstić information content (AvgIpc) is 3.48. The zero-order valence-corrected chi connectivity index (χ0v) is 18.4. The molecule has 31 heavy (non-hydrogen) atoms. The Morgan fingerprint density at radius 3 is 2.61 bits per heavy atom. The predicted octanol–water partition coefficient (Wildman–Crippen LogP) is 3.29. The highest BCUT2D eigenvalue weighted by molar-refractivity contribution is 5.91. The molecule has 0 unspecified atom stereocenters. The van der Waals surface area contributed by atoms with Gasteiger partial charge in [0.05, 0.1) is 6.26 Å². The molecule has 0 spiro atoms. The van der Waals surface area contributed by atoms with E-state index in [1.165, 1.54) is 28.3 Å². The Balaban J connectivity index is 1.37. The lowest BCUT2D eigenvalue weighted by Gasteiger charge is -2.36. The number of furan rings is 1. The first-order chi connectivity index (χ1) is 15.2. The molecule has 1 aliphatic heterocycles. The van der Waals surface area contributed by atoms with Crippen LogP contribution in [0.2, 0.25) is 0 Å². The van der Waals surface area contributed by atoms with Gasteiger partial charge in [0.15, 0.2) is 11.7 Å². The summed E-state index contributed by atoms with van der Waals surface area (Å²) >= 11 is 0. The van der Waals surface area contributed by atoms with Crippen LogP contribution in [0.5, 0.6) is 0 Å². The van der Waals surface area contributed by atoms with E-state index in [1.807, 2.05) is 4.90 Å². The van der Waals surface area contributed by atoms with Gasteiger partial charge in [0.2, 0.25) is 0 Å². The molecule has 3 heterocycles. The van der Waals surface area contributed by atoms with E-state index in [0.29, 0.717) is 18.8 Å². The monoisotopic (exact) mass is 421 g/mol. The SMILES string of the molecule is CCNC(=NCCc1c[nH]c2c(CC)cccc12)N1CCN(C(=O)c2ccco2)CC1. The lowest BCUT2D eigenvalue weighted by molar-refractivity contribution is 0.0657. The topological polar surface area (TPSA) is 76.9 Å². The molecule has 3 aromatic rings. The molecular weight excluding hydrogens is 390 g/mol. The van der Waals surface area contributed by atoms with Gasteiger partial charge in [0.25, 0.3) is 5.91 Å². The molecule has 7 nitrogen and oxygen atoms in total. The maximum Gasteiger partial charge on any atom is 0.289 e. The van der Waals surface area contributed by atoms with Gasteiger partial charge in [-0.05, 0) is 43.0 Å². The Hall–Kier alpha value is -3.22. The number of aliphatic imine (C=N–C) groups is 1. The van der Waals surface area contributed by atoms with Crippen molar-refractivity contribution >= 4 is 22.8 Å². The van der Waals surface area contributed by atoms with E-state index < -0.39 is 0 Å². The van der Waals surface area contributed by atoms with E-state index >= 15 is 0 Å². The highest BCUT2D eigenvalue weighted by Crippen LogP contribution is 2.22. The van der Waals surface area contributed by atoms with E-state index in [2.05, 4.69) is 53.4 Å². The van der Waals surface area contributed by atoms with Crippen molar-refractivity contribution in [1.29, 1.82) is 0 Å². The first-order valence-corrected chi connectivity index (χ1v) is 11.1. The highest BCUT2D eigenvalue weighted by Gasteiger charge is 2.25. The van der Waals surface area contributed by atoms with Crippen LogP contribution in [0, 0.1) is 0 Å². The van der Waals surface area contributed by atoms with E-state index in [4.69, 9.17) is 9.41 Å². The summed E-state index contributed by atoms with van der Waals surface area (Å²) in [6.07, 6.45) is 5.56. The van der Waals surface area contributed by atoms with Crippen LogP contribution in [0.3, 0.4) is 0 Å². The van der Waals surface area contributed by atoms with Gasteiger partial charge < -0.3 is 24.5 Å². The molecule has 0 aliphatic carbocycles. The first kappa shape index (κ1) is 21.0. The lowest BCUT2D eigenvalue weighted by Crippen LogP contribution is -2.53. The number of hydrogen-bond donors (Lipinski definition) is 2. The van der Waals surface area contributed by atoms with Crippen LogP contribution in [-0.2, 0) is 12.8 Å². The maximum atomic E-state index is 12.5. The molecule has 2 aromatic heterocycles. The fourth-order valence-corrected chi connectivity index (χ4v) is 4.16. The fourth-order valence-electron chi connectivity index (χ4n) is 4.16. The number of hydrogen-bond acceptors (Lipinski definition) is 3. The number of para-hydroxylation sites is 1. The van der Waals surface area contributed by atoms with Gasteiger partial charge in [-0.1, -0.05) is 25.1 Å². The number of rotatable bonds is 6. The third-order valence-corrected chi connectivity index (χ3v) is 5.84. The largest absolute Gasteiger partial charge is 0.459 e. The van der Waals surface area contributed by atoms with Crippen LogP contribution in [0.4, 0.5) is 0 Å². The summed E-state index contributed by atoms with van der Waals surface area (Å²) in [5, 5.41) is 4.70. The second kappa shape index (κ2) is 9.73.